The Morgan fingerprint density at radius 3 is 2.52 bits per heavy atom. The predicted octanol–water partition coefficient (Wildman–Crippen LogP) is 2.86. The highest BCUT2D eigenvalue weighted by molar-refractivity contribution is 5.93. The van der Waals surface area contributed by atoms with Crippen LogP contribution in [0, 0.1) is 11.3 Å². The van der Waals surface area contributed by atoms with Gasteiger partial charge in [0.2, 0.25) is 5.91 Å². The molecule has 0 spiro atoms. The number of amides is 3. The third-order valence-corrected chi connectivity index (χ3v) is 3.51. The van der Waals surface area contributed by atoms with Gasteiger partial charge in [0.05, 0.1) is 25.3 Å². The number of nitriles is 1. The molecule has 0 fully saturated rings. The summed E-state index contributed by atoms with van der Waals surface area (Å²) in [6.45, 7) is 0.318. The highest BCUT2D eigenvalue weighted by Crippen LogP contribution is 2.28. The summed E-state index contributed by atoms with van der Waals surface area (Å²) in [5.74, 6) is 0.807. The quantitative estimate of drug-likeness (QED) is 0.618. The molecule has 0 unspecified atom stereocenters. The van der Waals surface area contributed by atoms with E-state index in [1.807, 2.05) is 6.07 Å². The van der Waals surface area contributed by atoms with Gasteiger partial charge >= 0.3 is 6.03 Å². The first kappa shape index (κ1) is 19.6. The van der Waals surface area contributed by atoms with Gasteiger partial charge in [-0.25, -0.2) is 4.79 Å². The van der Waals surface area contributed by atoms with E-state index in [0.29, 0.717) is 41.5 Å². The van der Waals surface area contributed by atoms with Crippen LogP contribution in [0.3, 0.4) is 0 Å². The first-order valence-corrected chi connectivity index (χ1v) is 8.19. The molecule has 0 aliphatic heterocycles. The lowest BCUT2D eigenvalue weighted by molar-refractivity contribution is -0.116. The van der Waals surface area contributed by atoms with Crippen molar-refractivity contribution in [2.75, 3.05) is 24.4 Å². The number of hydrogen-bond acceptors (Lipinski definition) is 5. The van der Waals surface area contributed by atoms with Gasteiger partial charge in [0.1, 0.15) is 0 Å². The monoisotopic (exact) mass is 368 g/mol. The van der Waals surface area contributed by atoms with E-state index in [2.05, 4.69) is 10.6 Å². The van der Waals surface area contributed by atoms with Crippen molar-refractivity contribution in [1.82, 2.24) is 0 Å². The van der Waals surface area contributed by atoms with Crippen molar-refractivity contribution in [2.45, 2.75) is 12.8 Å². The molecule has 0 bridgehead atoms. The molecule has 3 amide bonds. The van der Waals surface area contributed by atoms with Gasteiger partial charge in [-0.15, -0.1) is 0 Å². The molecule has 8 nitrogen and oxygen atoms in total. The van der Waals surface area contributed by atoms with Crippen molar-refractivity contribution in [2.24, 2.45) is 5.73 Å². The summed E-state index contributed by atoms with van der Waals surface area (Å²) >= 11 is 0. The Morgan fingerprint density at radius 1 is 1.11 bits per heavy atom. The minimum atomic E-state index is -0.672. The molecule has 0 aromatic heterocycles. The number of anilines is 2. The summed E-state index contributed by atoms with van der Waals surface area (Å²) in [6, 6.07) is 12.9. The summed E-state index contributed by atoms with van der Waals surface area (Å²) in [4.78, 5) is 22.9. The van der Waals surface area contributed by atoms with Crippen LogP contribution >= 0.6 is 0 Å². The molecule has 2 aromatic rings. The van der Waals surface area contributed by atoms with Crippen LogP contribution in [0.15, 0.2) is 42.5 Å². The van der Waals surface area contributed by atoms with Crippen LogP contribution in [0.2, 0.25) is 0 Å². The number of nitrogens with two attached hydrogens (primary N) is 1. The smallest absolute Gasteiger partial charge is 0.316 e. The van der Waals surface area contributed by atoms with Crippen LogP contribution in [0.25, 0.3) is 0 Å². The van der Waals surface area contributed by atoms with Crippen molar-refractivity contribution in [1.29, 1.82) is 5.26 Å². The number of primary amides is 1. The molecule has 0 saturated heterocycles. The highest BCUT2D eigenvalue weighted by atomic mass is 16.5. The fourth-order valence-corrected chi connectivity index (χ4v) is 2.31. The molecule has 0 heterocycles. The number of rotatable bonds is 8. The molecule has 0 aliphatic carbocycles. The number of ether oxygens (including phenoxy) is 2. The lowest BCUT2D eigenvalue weighted by Gasteiger charge is -2.11. The van der Waals surface area contributed by atoms with E-state index in [1.54, 1.807) is 42.5 Å². The number of carbonyl (C=O) groups is 2. The Kier molecular flexibility index (Phi) is 7.02. The van der Waals surface area contributed by atoms with Crippen LogP contribution in [-0.2, 0) is 4.79 Å². The number of hydrogen-bond donors (Lipinski definition) is 3. The molecule has 0 saturated carbocycles. The van der Waals surface area contributed by atoms with E-state index in [-0.39, 0.29) is 12.3 Å². The number of benzene rings is 2. The predicted molar refractivity (Wildman–Crippen MR) is 101 cm³/mol. The summed E-state index contributed by atoms with van der Waals surface area (Å²) < 4.78 is 10.8. The highest BCUT2D eigenvalue weighted by Gasteiger charge is 2.07. The normalized spacial score (nSPS) is 9.78. The van der Waals surface area contributed by atoms with Gasteiger partial charge in [-0.05, 0) is 36.8 Å². The maximum atomic E-state index is 12.0. The Hall–Kier alpha value is -3.73. The van der Waals surface area contributed by atoms with Crippen molar-refractivity contribution in [3.63, 3.8) is 0 Å². The summed E-state index contributed by atoms with van der Waals surface area (Å²) in [7, 11) is 1.50. The minimum absolute atomic E-state index is 0.179. The van der Waals surface area contributed by atoms with Crippen LogP contribution in [0.4, 0.5) is 16.2 Å². The number of nitrogens with zero attached hydrogens (tertiary/aromatic N) is 1. The Balaban J connectivity index is 1.80. The van der Waals surface area contributed by atoms with E-state index >= 15 is 0 Å². The Labute approximate surface area is 156 Å². The second kappa shape index (κ2) is 9.68. The SMILES string of the molecule is COc1cc(C#N)ccc1OCCCC(=O)Nc1cccc(NC(N)=O)c1. The van der Waals surface area contributed by atoms with Crippen molar-refractivity contribution in [3.8, 4) is 17.6 Å². The molecule has 140 valence electrons. The van der Waals surface area contributed by atoms with Gasteiger partial charge in [-0.1, -0.05) is 6.07 Å². The molecule has 8 heteroatoms. The average molecular weight is 368 g/mol. The van der Waals surface area contributed by atoms with E-state index < -0.39 is 6.03 Å². The molecule has 27 heavy (non-hydrogen) atoms. The Morgan fingerprint density at radius 2 is 1.85 bits per heavy atom. The molecule has 2 rings (SSSR count). The lowest BCUT2D eigenvalue weighted by atomic mass is 10.2. The van der Waals surface area contributed by atoms with Gasteiger partial charge in [-0.2, -0.15) is 5.26 Å². The van der Waals surface area contributed by atoms with Crippen molar-refractivity contribution in [3.05, 3.63) is 48.0 Å². The first-order valence-electron chi connectivity index (χ1n) is 8.19. The number of urea groups is 1. The van der Waals surface area contributed by atoms with E-state index in [0.717, 1.165) is 0 Å². The number of methoxy groups -OCH3 is 1. The molecular formula is C19H20N4O4. The zero-order chi connectivity index (χ0) is 19.6. The first-order chi connectivity index (χ1) is 13.0. The number of nitrogens with one attached hydrogen (secondary N) is 2. The van der Waals surface area contributed by atoms with E-state index in [9.17, 15) is 9.59 Å². The standard InChI is InChI=1S/C19H20N4O4/c1-26-17-10-13(12-20)7-8-16(17)27-9-3-6-18(24)22-14-4-2-5-15(11-14)23-19(21)25/h2,4-5,7-8,10-11H,3,6,9H2,1H3,(H,22,24)(H3,21,23,25). The molecule has 2 aromatic carbocycles. The van der Waals surface area contributed by atoms with Gasteiger partial charge < -0.3 is 25.8 Å². The number of carbonyl (C=O) groups excluding carboxylic acids is 2. The molecule has 4 N–H and O–H groups in total. The van der Waals surface area contributed by atoms with Crippen LogP contribution in [0.5, 0.6) is 11.5 Å². The maximum Gasteiger partial charge on any atom is 0.316 e. The molecular weight excluding hydrogens is 348 g/mol. The third-order valence-electron chi connectivity index (χ3n) is 3.51. The summed E-state index contributed by atoms with van der Waals surface area (Å²) in [5, 5.41) is 14.1. The topological polar surface area (TPSA) is 126 Å². The van der Waals surface area contributed by atoms with Gasteiger partial charge in [0, 0.05) is 23.9 Å². The second-order valence-electron chi connectivity index (χ2n) is 5.55. The summed E-state index contributed by atoms with van der Waals surface area (Å²) in [5.41, 5.74) is 6.60. The third kappa shape index (κ3) is 6.25. The van der Waals surface area contributed by atoms with Gasteiger partial charge in [0.25, 0.3) is 0 Å². The minimum Gasteiger partial charge on any atom is -0.493 e. The molecule has 0 radical (unpaired) electrons. The average Bonchev–Trinajstić information content (AvgIpc) is 2.65. The van der Waals surface area contributed by atoms with Crippen molar-refractivity contribution < 1.29 is 19.1 Å². The van der Waals surface area contributed by atoms with E-state index in [1.165, 1.54) is 7.11 Å². The fraction of sp³-hybridized carbons (Fsp3) is 0.211. The fourth-order valence-electron chi connectivity index (χ4n) is 2.31. The zero-order valence-electron chi connectivity index (χ0n) is 14.8. The van der Waals surface area contributed by atoms with Crippen molar-refractivity contribution >= 4 is 23.3 Å². The largest absolute Gasteiger partial charge is 0.493 e. The lowest BCUT2D eigenvalue weighted by Crippen LogP contribution is -2.19. The van der Waals surface area contributed by atoms with Crippen LogP contribution < -0.4 is 25.8 Å². The Bertz CT molecular complexity index is 861. The zero-order valence-corrected chi connectivity index (χ0v) is 14.8. The molecule has 0 aliphatic rings. The van der Waals surface area contributed by atoms with Crippen LogP contribution in [0.1, 0.15) is 18.4 Å². The van der Waals surface area contributed by atoms with Gasteiger partial charge in [-0.3, -0.25) is 4.79 Å². The maximum absolute atomic E-state index is 12.0. The second-order valence-corrected chi connectivity index (χ2v) is 5.55. The summed E-state index contributed by atoms with van der Waals surface area (Å²) in [6.07, 6.45) is 0.750. The van der Waals surface area contributed by atoms with E-state index in [4.69, 9.17) is 20.5 Å². The van der Waals surface area contributed by atoms with Gasteiger partial charge in [0.15, 0.2) is 11.5 Å². The van der Waals surface area contributed by atoms with Crippen LogP contribution in [-0.4, -0.2) is 25.7 Å². The molecule has 0 atom stereocenters.